The summed E-state index contributed by atoms with van der Waals surface area (Å²) in [5, 5.41) is 3.34. The summed E-state index contributed by atoms with van der Waals surface area (Å²) in [6, 6.07) is 19.7. The predicted octanol–water partition coefficient (Wildman–Crippen LogP) is 6.12. The Morgan fingerprint density at radius 3 is 2.17 bits per heavy atom. The summed E-state index contributed by atoms with van der Waals surface area (Å²) in [7, 11) is -4.19. The Kier molecular flexibility index (Phi) is 11.6. The van der Waals surface area contributed by atoms with Crippen molar-refractivity contribution >= 4 is 50.7 Å². The molecule has 0 heterocycles. The Hall–Kier alpha value is -3.07. The van der Waals surface area contributed by atoms with E-state index >= 15 is 0 Å². The molecule has 1 atom stereocenters. The van der Waals surface area contributed by atoms with Crippen molar-refractivity contribution in [3.05, 3.63) is 94.0 Å². The molecule has 0 aliphatic rings. The molecule has 2 amide bonds. The van der Waals surface area contributed by atoms with Crippen LogP contribution in [0.4, 0.5) is 5.69 Å². The Balaban J connectivity index is 2.02. The molecule has 1 N–H and O–H groups in total. The lowest BCUT2D eigenvalue weighted by Gasteiger charge is -2.33. The number of amides is 2. The standard InChI is InChI=1S/C31H37Cl2N3O4S/c1-5-29(31(38)34-20-22(2)3)35(18-17-24-9-7-6-8-10-24)30(37)21-36(25-13-16-27(32)28(33)19-25)41(39,40)26-14-11-23(4)12-15-26/h6-16,19,22,29H,5,17-18,20-21H2,1-4H3,(H,34,38)/t29-/m1/s1. The smallest absolute Gasteiger partial charge is 0.264 e. The zero-order chi connectivity index (χ0) is 30.2. The van der Waals surface area contributed by atoms with E-state index in [2.05, 4.69) is 5.32 Å². The number of nitrogens with zero attached hydrogens (tertiary/aromatic N) is 2. The van der Waals surface area contributed by atoms with Gasteiger partial charge < -0.3 is 10.2 Å². The number of carbonyl (C=O) groups excluding carboxylic acids is 2. The first-order valence-electron chi connectivity index (χ1n) is 13.6. The predicted molar refractivity (Wildman–Crippen MR) is 166 cm³/mol. The molecule has 220 valence electrons. The van der Waals surface area contributed by atoms with E-state index in [1.165, 1.54) is 35.2 Å². The highest BCUT2D eigenvalue weighted by molar-refractivity contribution is 7.92. The second-order valence-electron chi connectivity index (χ2n) is 10.3. The third-order valence-corrected chi connectivity index (χ3v) is 9.16. The van der Waals surface area contributed by atoms with Crippen molar-refractivity contribution in [3.63, 3.8) is 0 Å². The van der Waals surface area contributed by atoms with Gasteiger partial charge in [0.05, 0.1) is 20.6 Å². The number of nitrogens with one attached hydrogen (secondary N) is 1. The first-order chi connectivity index (χ1) is 19.4. The molecule has 3 aromatic rings. The van der Waals surface area contributed by atoms with Gasteiger partial charge in [0, 0.05) is 13.1 Å². The van der Waals surface area contributed by atoms with E-state index in [-0.39, 0.29) is 39.0 Å². The highest BCUT2D eigenvalue weighted by Gasteiger charge is 2.33. The number of benzene rings is 3. The SMILES string of the molecule is CC[C@H](C(=O)NCC(C)C)N(CCc1ccccc1)C(=O)CN(c1ccc(Cl)c(Cl)c1)S(=O)(=O)c1ccc(C)cc1. The van der Waals surface area contributed by atoms with Gasteiger partial charge in [-0.25, -0.2) is 8.42 Å². The second kappa shape index (κ2) is 14.7. The van der Waals surface area contributed by atoms with E-state index in [0.29, 0.717) is 19.4 Å². The molecule has 0 bridgehead atoms. The average Bonchev–Trinajstić information content (AvgIpc) is 2.94. The number of hydrogen-bond donors (Lipinski definition) is 1. The van der Waals surface area contributed by atoms with Gasteiger partial charge >= 0.3 is 0 Å². The molecule has 41 heavy (non-hydrogen) atoms. The number of hydrogen-bond acceptors (Lipinski definition) is 4. The van der Waals surface area contributed by atoms with E-state index in [9.17, 15) is 18.0 Å². The lowest BCUT2D eigenvalue weighted by atomic mass is 10.1. The van der Waals surface area contributed by atoms with Crippen molar-refractivity contribution < 1.29 is 18.0 Å². The maximum atomic E-state index is 14.1. The van der Waals surface area contributed by atoms with Crippen LogP contribution in [0, 0.1) is 12.8 Å². The van der Waals surface area contributed by atoms with Gasteiger partial charge in [-0.2, -0.15) is 0 Å². The molecule has 0 aromatic heterocycles. The number of halogens is 2. The summed E-state index contributed by atoms with van der Waals surface area (Å²) in [5.74, 6) is -0.547. The number of sulfonamides is 1. The highest BCUT2D eigenvalue weighted by Crippen LogP contribution is 2.31. The second-order valence-corrected chi connectivity index (χ2v) is 13.0. The minimum absolute atomic E-state index is 0.0273. The fourth-order valence-corrected chi connectivity index (χ4v) is 6.02. The molecule has 7 nitrogen and oxygen atoms in total. The zero-order valence-corrected chi connectivity index (χ0v) is 26.1. The van der Waals surface area contributed by atoms with Crippen molar-refractivity contribution in [1.29, 1.82) is 0 Å². The Labute approximate surface area is 253 Å². The van der Waals surface area contributed by atoms with Crippen LogP contribution in [0.3, 0.4) is 0 Å². The fraction of sp³-hybridized carbons (Fsp3) is 0.355. The van der Waals surface area contributed by atoms with Crippen LogP contribution in [0.25, 0.3) is 0 Å². The monoisotopic (exact) mass is 617 g/mol. The van der Waals surface area contributed by atoms with Gasteiger partial charge in [-0.3, -0.25) is 13.9 Å². The molecule has 0 fully saturated rings. The van der Waals surface area contributed by atoms with E-state index in [1.807, 2.05) is 58.0 Å². The first-order valence-corrected chi connectivity index (χ1v) is 15.8. The molecular formula is C31H37Cl2N3O4S. The van der Waals surface area contributed by atoms with Crippen LogP contribution in [-0.4, -0.2) is 50.8 Å². The normalized spacial score (nSPS) is 12.2. The maximum absolute atomic E-state index is 14.1. The summed E-state index contributed by atoms with van der Waals surface area (Å²) in [6.07, 6.45) is 0.861. The largest absolute Gasteiger partial charge is 0.354 e. The van der Waals surface area contributed by atoms with E-state index in [0.717, 1.165) is 15.4 Å². The van der Waals surface area contributed by atoms with Crippen molar-refractivity contribution in [3.8, 4) is 0 Å². The molecule has 3 rings (SSSR count). The molecule has 3 aromatic carbocycles. The molecule has 0 spiro atoms. The summed E-state index contributed by atoms with van der Waals surface area (Å²) in [6.45, 7) is 7.84. The number of carbonyl (C=O) groups is 2. The topological polar surface area (TPSA) is 86.8 Å². The molecular weight excluding hydrogens is 581 g/mol. The molecule has 0 saturated carbocycles. The Bertz CT molecular complexity index is 1430. The van der Waals surface area contributed by atoms with Crippen LogP contribution in [0.15, 0.2) is 77.7 Å². The molecule has 0 aliphatic heterocycles. The Morgan fingerprint density at radius 1 is 0.927 bits per heavy atom. The van der Waals surface area contributed by atoms with Crippen molar-refractivity contribution in [2.75, 3.05) is 23.9 Å². The van der Waals surface area contributed by atoms with E-state index in [1.54, 1.807) is 12.1 Å². The van der Waals surface area contributed by atoms with Gasteiger partial charge in [0.15, 0.2) is 0 Å². The average molecular weight is 619 g/mol. The minimum atomic E-state index is -4.19. The van der Waals surface area contributed by atoms with Crippen LogP contribution >= 0.6 is 23.2 Å². The lowest BCUT2D eigenvalue weighted by molar-refractivity contribution is -0.139. The lowest BCUT2D eigenvalue weighted by Crippen LogP contribution is -2.53. The molecule has 0 unspecified atom stereocenters. The van der Waals surface area contributed by atoms with E-state index in [4.69, 9.17) is 23.2 Å². The zero-order valence-electron chi connectivity index (χ0n) is 23.8. The van der Waals surface area contributed by atoms with Gasteiger partial charge in [-0.1, -0.05) is 92.0 Å². The van der Waals surface area contributed by atoms with Crippen LogP contribution in [0.5, 0.6) is 0 Å². The molecule has 0 saturated heterocycles. The van der Waals surface area contributed by atoms with Crippen molar-refractivity contribution in [2.45, 2.75) is 51.5 Å². The number of rotatable bonds is 13. The van der Waals surface area contributed by atoms with Gasteiger partial charge in [0.25, 0.3) is 10.0 Å². The van der Waals surface area contributed by atoms with Gasteiger partial charge in [0.2, 0.25) is 11.8 Å². The van der Waals surface area contributed by atoms with Crippen LogP contribution in [0.2, 0.25) is 10.0 Å². The van der Waals surface area contributed by atoms with Crippen molar-refractivity contribution in [2.24, 2.45) is 5.92 Å². The fourth-order valence-electron chi connectivity index (χ4n) is 4.32. The van der Waals surface area contributed by atoms with Gasteiger partial charge in [-0.05, 0) is 61.6 Å². The summed E-state index contributed by atoms with van der Waals surface area (Å²) >= 11 is 12.4. The number of anilines is 1. The van der Waals surface area contributed by atoms with Crippen LogP contribution < -0.4 is 9.62 Å². The molecule has 0 aliphatic carbocycles. The van der Waals surface area contributed by atoms with Crippen LogP contribution in [0.1, 0.15) is 38.3 Å². The quantitative estimate of drug-likeness (QED) is 0.250. The molecule has 10 heteroatoms. The third-order valence-electron chi connectivity index (χ3n) is 6.63. The van der Waals surface area contributed by atoms with Gasteiger partial charge in [-0.15, -0.1) is 0 Å². The van der Waals surface area contributed by atoms with Crippen LogP contribution in [-0.2, 0) is 26.0 Å². The third kappa shape index (κ3) is 8.71. The Morgan fingerprint density at radius 2 is 1.59 bits per heavy atom. The summed E-state index contributed by atoms with van der Waals surface area (Å²) < 4.78 is 28.9. The first kappa shape index (κ1) is 32.4. The van der Waals surface area contributed by atoms with E-state index < -0.39 is 28.5 Å². The van der Waals surface area contributed by atoms with Gasteiger partial charge in [0.1, 0.15) is 12.6 Å². The maximum Gasteiger partial charge on any atom is 0.264 e. The number of aryl methyl sites for hydroxylation is 1. The summed E-state index contributed by atoms with van der Waals surface area (Å²) in [5.41, 5.74) is 2.08. The molecule has 0 radical (unpaired) electrons. The summed E-state index contributed by atoms with van der Waals surface area (Å²) in [4.78, 5) is 28.8. The van der Waals surface area contributed by atoms with Crippen molar-refractivity contribution in [1.82, 2.24) is 10.2 Å². The highest BCUT2D eigenvalue weighted by atomic mass is 35.5. The minimum Gasteiger partial charge on any atom is -0.354 e.